The Morgan fingerprint density at radius 1 is 1.00 bits per heavy atom. The fourth-order valence-electron chi connectivity index (χ4n) is 6.61. The Hall–Kier alpha value is -4.75. The minimum atomic E-state index is -0.317. The molecular weight excluding hydrogens is 603 g/mol. The van der Waals surface area contributed by atoms with E-state index in [2.05, 4.69) is 37.0 Å². The Bertz CT molecular complexity index is 1590. The zero-order valence-corrected chi connectivity index (χ0v) is 26.8. The van der Waals surface area contributed by atoms with Gasteiger partial charge in [0.1, 0.15) is 23.7 Å². The number of nitrogens with one attached hydrogen (secondary N) is 2. The van der Waals surface area contributed by atoms with E-state index in [9.17, 15) is 14.0 Å². The summed E-state index contributed by atoms with van der Waals surface area (Å²) in [5, 5.41) is 8.04. The van der Waals surface area contributed by atoms with Gasteiger partial charge in [0.15, 0.2) is 5.82 Å². The highest BCUT2D eigenvalue weighted by molar-refractivity contribution is 6.02. The Morgan fingerprint density at radius 2 is 1.74 bits per heavy atom. The summed E-state index contributed by atoms with van der Waals surface area (Å²) in [5.74, 6) is 1.17. The first-order valence-corrected chi connectivity index (χ1v) is 16.0. The molecule has 1 atom stereocenters. The van der Waals surface area contributed by atoms with Crippen LogP contribution in [0, 0.1) is 5.82 Å². The number of hydrogen-bond acceptors (Lipinski definition) is 10. The number of amides is 2. The third kappa shape index (κ3) is 7.31. The number of aromatic nitrogens is 2. The van der Waals surface area contributed by atoms with E-state index < -0.39 is 0 Å². The number of carbonyl (C=O) groups is 2. The number of hydrogen-bond donors (Lipinski definition) is 2. The van der Waals surface area contributed by atoms with Crippen LogP contribution in [0.4, 0.5) is 33.1 Å². The first-order valence-electron chi connectivity index (χ1n) is 16.0. The second-order valence-electron chi connectivity index (χ2n) is 11.9. The number of piperidine rings is 1. The van der Waals surface area contributed by atoms with Crippen molar-refractivity contribution in [1.29, 1.82) is 0 Å². The molecule has 248 valence electrons. The maximum Gasteiger partial charge on any atom is 0.247 e. The van der Waals surface area contributed by atoms with Crippen LogP contribution >= 0.6 is 0 Å². The van der Waals surface area contributed by atoms with Crippen molar-refractivity contribution in [1.82, 2.24) is 19.8 Å². The summed E-state index contributed by atoms with van der Waals surface area (Å²) in [7, 11) is 1.61. The second kappa shape index (κ2) is 14.3. The molecule has 2 aromatic carbocycles. The van der Waals surface area contributed by atoms with E-state index in [1.54, 1.807) is 37.3 Å². The van der Waals surface area contributed by atoms with Gasteiger partial charge in [-0.15, -0.1) is 0 Å². The van der Waals surface area contributed by atoms with Gasteiger partial charge >= 0.3 is 0 Å². The van der Waals surface area contributed by atoms with Gasteiger partial charge < -0.3 is 25.2 Å². The monoisotopic (exact) mass is 644 g/mol. The van der Waals surface area contributed by atoms with E-state index in [0.29, 0.717) is 41.4 Å². The van der Waals surface area contributed by atoms with Crippen LogP contribution in [0.25, 0.3) is 0 Å². The number of benzene rings is 2. The molecule has 0 unspecified atom stereocenters. The number of methoxy groups -OCH3 is 1. The highest BCUT2D eigenvalue weighted by atomic mass is 19.1. The lowest BCUT2D eigenvalue weighted by molar-refractivity contribution is -0.131. The van der Waals surface area contributed by atoms with Gasteiger partial charge in [0, 0.05) is 70.8 Å². The third-order valence-electron chi connectivity index (χ3n) is 9.14. The van der Waals surface area contributed by atoms with Crippen molar-refractivity contribution in [3.63, 3.8) is 0 Å². The minimum Gasteiger partial charge on any atom is -0.494 e. The smallest absolute Gasteiger partial charge is 0.247 e. The van der Waals surface area contributed by atoms with Crippen LogP contribution in [0.5, 0.6) is 5.75 Å². The number of hydroxylamine groups is 1. The number of nitrogens with zero attached hydrogens (tertiary/aromatic N) is 6. The summed E-state index contributed by atoms with van der Waals surface area (Å²) < 4.78 is 19.4. The van der Waals surface area contributed by atoms with Crippen LogP contribution in [0.2, 0.25) is 0 Å². The molecule has 3 fully saturated rings. The van der Waals surface area contributed by atoms with Gasteiger partial charge in [-0.1, -0.05) is 18.7 Å². The molecule has 2 N–H and O–H groups in total. The average Bonchev–Trinajstić information content (AvgIpc) is 3.59. The van der Waals surface area contributed by atoms with Crippen LogP contribution < -0.4 is 25.3 Å². The molecule has 13 heteroatoms. The van der Waals surface area contributed by atoms with Crippen LogP contribution in [-0.4, -0.2) is 90.6 Å². The van der Waals surface area contributed by atoms with Gasteiger partial charge in [0.2, 0.25) is 11.8 Å². The Balaban J connectivity index is 1.20. The lowest BCUT2D eigenvalue weighted by Crippen LogP contribution is -2.54. The largest absolute Gasteiger partial charge is 0.494 e. The van der Waals surface area contributed by atoms with Gasteiger partial charge in [-0.2, -0.15) is 0 Å². The number of ether oxygens (including phenoxy) is 1. The summed E-state index contributed by atoms with van der Waals surface area (Å²) in [5.41, 5.74) is 3.02. The fourth-order valence-corrected chi connectivity index (χ4v) is 6.61. The van der Waals surface area contributed by atoms with Crippen molar-refractivity contribution in [2.75, 3.05) is 73.6 Å². The maximum atomic E-state index is 13.6. The summed E-state index contributed by atoms with van der Waals surface area (Å²) in [6.07, 6.45) is 5.37. The van der Waals surface area contributed by atoms with E-state index >= 15 is 0 Å². The molecule has 0 radical (unpaired) electrons. The number of anilines is 5. The lowest BCUT2D eigenvalue weighted by atomic mass is 10.0. The highest BCUT2D eigenvalue weighted by Gasteiger charge is 2.31. The molecule has 3 aromatic rings. The van der Waals surface area contributed by atoms with Crippen LogP contribution in [0.1, 0.15) is 37.8 Å². The predicted molar refractivity (Wildman–Crippen MR) is 178 cm³/mol. The number of carbonyl (C=O) groups excluding carboxylic acids is 2. The number of rotatable bonds is 9. The number of halogens is 1. The van der Waals surface area contributed by atoms with E-state index in [-0.39, 0.29) is 23.7 Å². The van der Waals surface area contributed by atoms with E-state index in [4.69, 9.17) is 9.57 Å². The van der Waals surface area contributed by atoms with E-state index in [0.717, 1.165) is 69.8 Å². The highest BCUT2D eigenvalue weighted by Crippen LogP contribution is 2.40. The molecule has 12 nitrogen and oxygen atoms in total. The molecule has 3 saturated heterocycles. The molecule has 0 aliphatic carbocycles. The summed E-state index contributed by atoms with van der Waals surface area (Å²) >= 11 is 0. The predicted octanol–water partition coefficient (Wildman–Crippen LogP) is 4.51. The van der Waals surface area contributed by atoms with Gasteiger partial charge in [-0.3, -0.25) is 19.3 Å². The Kier molecular flexibility index (Phi) is 9.83. The first-order chi connectivity index (χ1) is 22.8. The normalized spacial score (nSPS) is 19.0. The summed E-state index contributed by atoms with van der Waals surface area (Å²) in [6, 6.07) is 12.3. The van der Waals surface area contributed by atoms with Crippen molar-refractivity contribution in [2.45, 2.75) is 38.3 Å². The molecule has 6 rings (SSSR count). The first kappa shape index (κ1) is 32.2. The third-order valence-corrected chi connectivity index (χ3v) is 9.14. The molecule has 47 heavy (non-hydrogen) atoms. The molecule has 3 aliphatic rings. The van der Waals surface area contributed by atoms with Crippen LogP contribution in [0.3, 0.4) is 0 Å². The topological polar surface area (TPSA) is 115 Å². The van der Waals surface area contributed by atoms with E-state index in [1.165, 1.54) is 24.5 Å². The number of piperazine rings is 1. The van der Waals surface area contributed by atoms with Crippen LogP contribution in [0.15, 0.2) is 61.4 Å². The van der Waals surface area contributed by atoms with E-state index in [1.807, 2.05) is 17.0 Å². The summed E-state index contributed by atoms with van der Waals surface area (Å²) in [6.45, 7) is 10.7. The standard InChI is InChI=1S/C34H41FN8O4/c1-4-34(45)39-27-19-28(38-32-21-33(37-22-36-32)43-29(11-18-47-43)24-5-7-25(35)8-6-24)31(46-3)20-30(27)42-12-9-26(10-13-42)41-16-14-40(15-17-41)23(2)44/h4-8,19-22,26,29H,1,9-18H2,2-3H3,(H,39,45)(H,36,37,38)/t29-/m1/s1. The van der Waals surface area contributed by atoms with Crippen molar-refractivity contribution < 1.29 is 23.6 Å². The fraction of sp³-hybridized carbons (Fsp3) is 0.412. The van der Waals surface area contributed by atoms with Gasteiger partial charge in [-0.25, -0.2) is 19.4 Å². The SMILES string of the molecule is C=CC(=O)Nc1cc(Nc2cc(N3OCC[C@@H]3c3ccc(F)cc3)ncn2)c(OC)cc1N1CCC(N2CCN(C(C)=O)CC2)CC1. The van der Waals surface area contributed by atoms with Crippen molar-refractivity contribution >= 4 is 40.5 Å². The zero-order chi connectivity index (χ0) is 32.9. The minimum absolute atomic E-state index is 0.123. The van der Waals surface area contributed by atoms with Crippen molar-refractivity contribution in [3.8, 4) is 5.75 Å². The zero-order valence-electron chi connectivity index (χ0n) is 26.8. The Morgan fingerprint density at radius 3 is 2.43 bits per heavy atom. The lowest BCUT2D eigenvalue weighted by Gasteiger charge is -2.43. The summed E-state index contributed by atoms with van der Waals surface area (Å²) in [4.78, 5) is 45.8. The maximum absolute atomic E-state index is 13.6. The molecule has 0 spiro atoms. The molecule has 0 bridgehead atoms. The second-order valence-corrected chi connectivity index (χ2v) is 11.9. The molecule has 3 aliphatic heterocycles. The molecule has 4 heterocycles. The quantitative estimate of drug-likeness (QED) is 0.323. The molecule has 1 aromatic heterocycles. The van der Waals surface area contributed by atoms with Crippen LogP contribution in [-0.2, 0) is 14.4 Å². The van der Waals surface area contributed by atoms with Crippen molar-refractivity contribution in [3.05, 3.63) is 72.8 Å². The van der Waals surface area contributed by atoms with Crippen molar-refractivity contribution in [2.24, 2.45) is 0 Å². The Labute approximate surface area is 274 Å². The molecule has 0 saturated carbocycles. The van der Waals surface area contributed by atoms with Gasteiger partial charge in [-0.05, 0) is 42.7 Å². The molecule has 2 amide bonds. The average molecular weight is 645 g/mol. The van der Waals surface area contributed by atoms with Gasteiger partial charge in [0.25, 0.3) is 0 Å². The van der Waals surface area contributed by atoms with Gasteiger partial charge in [0.05, 0.1) is 36.8 Å². The molecular formula is C34H41FN8O4.